The summed E-state index contributed by atoms with van der Waals surface area (Å²) in [6.45, 7) is 24.4. The van der Waals surface area contributed by atoms with Gasteiger partial charge in [-0.2, -0.15) is 0 Å². The third-order valence-corrected chi connectivity index (χ3v) is 56.9. The summed E-state index contributed by atoms with van der Waals surface area (Å²) in [5.41, 5.74) is 0. The molecule has 0 spiro atoms. The first-order valence-corrected chi connectivity index (χ1v) is 44.8. The van der Waals surface area contributed by atoms with Crippen molar-refractivity contribution in [2.75, 3.05) is 26.4 Å². The quantitative estimate of drug-likeness (QED) is 0.0377. The first kappa shape index (κ1) is 57.4. The van der Waals surface area contributed by atoms with E-state index in [-0.39, 0.29) is 0 Å². The van der Waals surface area contributed by atoms with Crippen molar-refractivity contribution in [3.05, 3.63) is 12.1 Å². The van der Waals surface area contributed by atoms with E-state index in [1.165, 1.54) is 109 Å². The van der Waals surface area contributed by atoms with Crippen LogP contribution in [0.4, 0.5) is 0 Å². The number of rotatable bonds is 39. The normalized spacial score (nSPS) is 12.9. The van der Waals surface area contributed by atoms with Crippen molar-refractivity contribution in [2.24, 2.45) is 0 Å². The average Bonchev–Trinajstić information content (AvgIpc) is 3.92. The van der Waals surface area contributed by atoms with Crippen LogP contribution in [0, 0.1) is 0 Å². The van der Waals surface area contributed by atoms with Crippen LogP contribution in [0.5, 0.6) is 0 Å². The second-order valence-corrected chi connectivity index (χ2v) is 51.8. The van der Waals surface area contributed by atoms with Crippen LogP contribution < -0.4 is 16.4 Å². The molecule has 0 aliphatic rings. The van der Waals surface area contributed by atoms with E-state index in [2.05, 4.69) is 81.4 Å². The molecule has 12 heteroatoms. The predicted octanol–water partition coefficient (Wildman–Crippen LogP) is 16.5. The van der Waals surface area contributed by atoms with Crippen molar-refractivity contribution in [1.82, 2.24) is 0 Å². The van der Waals surface area contributed by atoms with E-state index >= 15 is 9.13 Å². The zero-order valence-electron chi connectivity index (χ0n) is 40.5. The molecule has 0 saturated heterocycles. The Bertz CT molecular complexity index is 1330. The molecular formula is C48H92O6P2S2Sn2. The van der Waals surface area contributed by atoms with Crippen LogP contribution in [0.2, 0.25) is 26.6 Å². The molecule has 350 valence electrons. The summed E-state index contributed by atoms with van der Waals surface area (Å²) in [7, 11) is -7.27. The average molecular weight is 1130 g/mol. The maximum absolute atomic E-state index is 15.7. The summed E-state index contributed by atoms with van der Waals surface area (Å²) >= 11 is -2.57. The van der Waals surface area contributed by atoms with Crippen molar-refractivity contribution < 1.29 is 27.2 Å². The third-order valence-electron chi connectivity index (χ3n) is 12.3. The molecule has 0 atom stereocenters. The van der Waals surface area contributed by atoms with Crippen LogP contribution >= 0.6 is 37.9 Å². The van der Waals surface area contributed by atoms with Gasteiger partial charge in [0.05, 0.1) is 0 Å². The molecule has 2 aromatic heterocycles. The second kappa shape index (κ2) is 32.1. The summed E-state index contributed by atoms with van der Waals surface area (Å²) in [6, 6.07) is 4.55. The van der Waals surface area contributed by atoms with E-state index in [0.717, 1.165) is 71.7 Å². The molecule has 0 radical (unpaired) electrons. The SMILES string of the molecule is CCCCOP(=O)(OCCCC)c1cc(-c2cc(P(=O)(OCCCC)OCCCC)[c]([Sn]([CH2]CCC)([CH2]CCC)[CH2]CCC)s2)s[c]1[Sn]([CH2]CCC)([CH2]CCC)[CH2]CCC. The van der Waals surface area contributed by atoms with Gasteiger partial charge in [-0.25, -0.2) is 0 Å². The molecule has 2 heterocycles. The summed E-state index contributed by atoms with van der Waals surface area (Å²) in [5, 5.41) is 1.79. The van der Waals surface area contributed by atoms with Gasteiger partial charge in [0.25, 0.3) is 0 Å². The fraction of sp³-hybridized carbons (Fsp3) is 0.833. The number of hydrogen-bond acceptors (Lipinski definition) is 8. The standard InChI is InChI=1S/C24H38O6P2S2.6C4H9.2Sn/c1-5-9-13-27-31(25,28-14-10-6-2)21-17-23(33-19-21)24-18-22(20-34-24)32(26,29-15-11-7-3)30-16-12-8-4;6*1-3-4-2;;/h17-18H,5-16H2,1-4H3;6*1,3-4H2,2H3;;. The zero-order valence-corrected chi connectivity index (χ0v) is 49.7. The van der Waals surface area contributed by atoms with Gasteiger partial charge >= 0.3 is 391 Å². The second-order valence-electron chi connectivity index (χ2n) is 17.6. The Balaban J connectivity index is 3.24. The number of hydrogen-bond donors (Lipinski definition) is 0. The zero-order chi connectivity index (χ0) is 44.3. The summed E-state index contributed by atoms with van der Waals surface area (Å²) in [6.07, 6.45) is 21.7. The maximum atomic E-state index is 15.7. The molecule has 0 aliphatic carbocycles. The van der Waals surface area contributed by atoms with Crippen LogP contribution in [0.1, 0.15) is 198 Å². The van der Waals surface area contributed by atoms with Crippen LogP contribution in [-0.4, -0.2) is 63.2 Å². The van der Waals surface area contributed by atoms with E-state index < -0.39 is 51.9 Å². The fourth-order valence-corrected chi connectivity index (χ4v) is 59.4. The molecule has 0 fully saturated rings. The van der Waals surface area contributed by atoms with E-state index in [4.69, 9.17) is 18.1 Å². The molecule has 0 unspecified atom stereocenters. The molecule has 2 aromatic rings. The Morgan fingerprint density at radius 2 is 0.600 bits per heavy atom. The monoisotopic (exact) mass is 1130 g/mol. The minimum atomic E-state index is -3.64. The molecule has 0 saturated carbocycles. The van der Waals surface area contributed by atoms with E-state index in [1.807, 2.05) is 22.7 Å². The van der Waals surface area contributed by atoms with Crippen LogP contribution in [-0.2, 0) is 27.2 Å². The van der Waals surface area contributed by atoms with Crippen molar-refractivity contribution in [2.45, 2.75) is 224 Å². The van der Waals surface area contributed by atoms with Crippen molar-refractivity contribution in [3.63, 3.8) is 0 Å². The Labute approximate surface area is 387 Å². The Kier molecular flexibility index (Phi) is 30.7. The Morgan fingerprint density at radius 1 is 0.383 bits per heavy atom. The van der Waals surface area contributed by atoms with Gasteiger partial charge in [-0.15, -0.1) is 0 Å². The molecule has 0 aliphatic heterocycles. The van der Waals surface area contributed by atoms with Crippen LogP contribution in [0.15, 0.2) is 12.1 Å². The molecule has 6 nitrogen and oxygen atoms in total. The number of unbranched alkanes of at least 4 members (excludes halogenated alkanes) is 10. The first-order valence-electron chi connectivity index (χ1n) is 25.1. The minimum absolute atomic E-state index is 0.440. The Morgan fingerprint density at radius 3 is 0.800 bits per heavy atom. The van der Waals surface area contributed by atoms with Crippen molar-refractivity contribution >= 4 is 91.0 Å². The fourth-order valence-electron chi connectivity index (χ4n) is 8.36. The van der Waals surface area contributed by atoms with Crippen molar-refractivity contribution in [3.8, 4) is 9.75 Å². The van der Waals surface area contributed by atoms with E-state index in [9.17, 15) is 0 Å². The van der Waals surface area contributed by atoms with E-state index in [1.54, 1.807) is 0 Å². The molecule has 2 rings (SSSR count). The van der Waals surface area contributed by atoms with Crippen molar-refractivity contribution in [1.29, 1.82) is 0 Å². The summed E-state index contributed by atoms with van der Waals surface area (Å²) < 4.78 is 68.2. The van der Waals surface area contributed by atoms with Gasteiger partial charge in [0.15, 0.2) is 0 Å². The molecule has 0 aromatic carbocycles. The third kappa shape index (κ3) is 17.5. The van der Waals surface area contributed by atoms with Gasteiger partial charge < -0.3 is 0 Å². The van der Waals surface area contributed by atoms with Gasteiger partial charge in [0.1, 0.15) is 0 Å². The van der Waals surface area contributed by atoms with Gasteiger partial charge in [-0.3, -0.25) is 0 Å². The van der Waals surface area contributed by atoms with Gasteiger partial charge in [0, 0.05) is 0 Å². The van der Waals surface area contributed by atoms with Crippen LogP contribution in [0.3, 0.4) is 0 Å². The van der Waals surface area contributed by atoms with Gasteiger partial charge in [-0.05, 0) is 0 Å². The molecule has 0 amide bonds. The topological polar surface area (TPSA) is 71.1 Å². The van der Waals surface area contributed by atoms with Crippen LogP contribution in [0.25, 0.3) is 9.75 Å². The predicted molar refractivity (Wildman–Crippen MR) is 275 cm³/mol. The number of thiophene rings is 2. The Hall–Kier alpha value is 1.30. The molecule has 60 heavy (non-hydrogen) atoms. The molecular weight excluding hydrogens is 1040 g/mol. The first-order chi connectivity index (χ1) is 29.0. The summed E-state index contributed by atoms with van der Waals surface area (Å²) in [4.78, 5) is 2.33. The summed E-state index contributed by atoms with van der Waals surface area (Å²) in [5.74, 6) is 0. The van der Waals surface area contributed by atoms with Gasteiger partial charge in [-0.1, -0.05) is 0 Å². The van der Waals surface area contributed by atoms with E-state index in [0.29, 0.717) is 26.4 Å². The van der Waals surface area contributed by atoms with Gasteiger partial charge in [0.2, 0.25) is 0 Å². The molecule has 0 N–H and O–H groups in total. The molecule has 0 bridgehead atoms.